The maximum Gasteiger partial charge on any atom is 0.490 e. The van der Waals surface area contributed by atoms with E-state index in [1.165, 1.54) is 5.69 Å². The van der Waals surface area contributed by atoms with Crippen molar-refractivity contribution >= 4 is 46.4 Å². The number of anilines is 5. The predicted molar refractivity (Wildman–Crippen MR) is 130 cm³/mol. The number of carboxylic acid groups (broad SMARTS) is 1. The van der Waals surface area contributed by atoms with Crippen molar-refractivity contribution in [3.63, 3.8) is 0 Å². The molecule has 1 saturated heterocycles. The number of halogens is 4. The van der Waals surface area contributed by atoms with Gasteiger partial charge in [0.1, 0.15) is 5.02 Å². The zero-order valence-corrected chi connectivity index (χ0v) is 19.5. The summed E-state index contributed by atoms with van der Waals surface area (Å²) in [4.78, 5) is 22.4. The second-order valence-corrected chi connectivity index (χ2v) is 8.05. The number of alkyl halides is 3. The summed E-state index contributed by atoms with van der Waals surface area (Å²) in [6.45, 7) is 4.29. The van der Waals surface area contributed by atoms with Crippen LogP contribution < -0.4 is 15.5 Å². The van der Waals surface area contributed by atoms with Gasteiger partial charge in [-0.15, -0.1) is 0 Å². The van der Waals surface area contributed by atoms with Gasteiger partial charge in [0, 0.05) is 43.2 Å². The quantitative estimate of drug-likeness (QED) is 0.443. The minimum absolute atomic E-state index is 0.472. The third-order valence-corrected chi connectivity index (χ3v) is 5.29. The number of carbonyl (C=O) groups is 1. The first kappa shape index (κ1) is 26.0. The van der Waals surface area contributed by atoms with Crippen molar-refractivity contribution in [3.05, 3.63) is 65.8 Å². The maximum absolute atomic E-state index is 10.6. The number of rotatable bonds is 5. The molecular weight excluding hydrogens is 485 g/mol. The van der Waals surface area contributed by atoms with E-state index in [-0.39, 0.29) is 0 Å². The highest BCUT2D eigenvalue weighted by molar-refractivity contribution is 6.32. The standard InChI is InChI=1S/C21H23ClN6.C2HF3O2/c1-27-11-13-28(14-12-27)18-9-7-17(8-10-18)25-21-23-15-19(22)20(26-21)24-16-5-3-2-4-6-16;3-2(4,5)1(6)7/h2-10,15H,11-14H2,1H3,(H2,23,24,25,26);(H,6,7). The molecule has 1 fully saturated rings. The highest BCUT2D eigenvalue weighted by atomic mass is 35.5. The summed E-state index contributed by atoms with van der Waals surface area (Å²) >= 11 is 6.24. The summed E-state index contributed by atoms with van der Waals surface area (Å²) in [6, 6.07) is 18.2. The van der Waals surface area contributed by atoms with E-state index >= 15 is 0 Å². The molecule has 0 aliphatic carbocycles. The molecule has 186 valence electrons. The number of nitrogens with one attached hydrogen (secondary N) is 2. The van der Waals surface area contributed by atoms with Gasteiger partial charge >= 0.3 is 12.1 Å². The molecule has 1 aliphatic heterocycles. The highest BCUT2D eigenvalue weighted by Crippen LogP contribution is 2.26. The smallest absolute Gasteiger partial charge is 0.475 e. The van der Waals surface area contributed by atoms with Crippen LogP contribution in [0.4, 0.5) is 42.0 Å². The number of hydrogen-bond acceptors (Lipinski definition) is 7. The molecule has 0 radical (unpaired) electrons. The summed E-state index contributed by atoms with van der Waals surface area (Å²) in [6.07, 6.45) is -3.49. The van der Waals surface area contributed by atoms with E-state index in [4.69, 9.17) is 21.5 Å². The van der Waals surface area contributed by atoms with Crippen LogP contribution in [0.25, 0.3) is 0 Å². The van der Waals surface area contributed by atoms with Gasteiger partial charge in [-0.3, -0.25) is 0 Å². The number of likely N-dealkylation sites (N-methyl/N-ethyl adjacent to an activating group) is 1. The average molecular weight is 509 g/mol. The number of aromatic nitrogens is 2. The lowest BCUT2D eigenvalue weighted by atomic mass is 10.2. The molecule has 0 spiro atoms. The SMILES string of the molecule is CN1CCN(c2ccc(Nc3ncc(Cl)c(Nc4ccccc4)n3)cc2)CC1.O=C(O)C(F)(F)F. The molecule has 0 bridgehead atoms. The molecule has 0 unspecified atom stereocenters. The number of aliphatic carboxylic acids is 1. The van der Waals surface area contributed by atoms with E-state index in [1.807, 2.05) is 30.3 Å². The van der Waals surface area contributed by atoms with Gasteiger partial charge in [-0.05, 0) is 43.4 Å². The van der Waals surface area contributed by atoms with Crippen molar-refractivity contribution in [2.75, 3.05) is 48.8 Å². The lowest BCUT2D eigenvalue weighted by molar-refractivity contribution is -0.192. The van der Waals surface area contributed by atoms with Crippen LogP contribution >= 0.6 is 11.6 Å². The molecule has 4 rings (SSSR count). The molecule has 3 N–H and O–H groups in total. The third-order valence-electron chi connectivity index (χ3n) is 5.02. The largest absolute Gasteiger partial charge is 0.490 e. The third kappa shape index (κ3) is 8.01. The van der Waals surface area contributed by atoms with Crippen molar-refractivity contribution < 1.29 is 23.1 Å². The molecule has 35 heavy (non-hydrogen) atoms. The van der Waals surface area contributed by atoms with Gasteiger partial charge in [0.15, 0.2) is 5.82 Å². The fourth-order valence-electron chi connectivity index (χ4n) is 3.12. The fourth-order valence-corrected chi connectivity index (χ4v) is 3.26. The Morgan fingerprint density at radius 1 is 0.971 bits per heavy atom. The molecule has 8 nitrogen and oxygen atoms in total. The van der Waals surface area contributed by atoms with Crippen molar-refractivity contribution in [2.45, 2.75) is 6.18 Å². The van der Waals surface area contributed by atoms with Gasteiger partial charge in [0.2, 0.25) is 5.95 Å². The molecule has 2 aromatic carbocycles. The average Bonchev–Trinajstić information content (AvgIpc) is 2.83. The van der Waals surface area contributed by atoms with Crippen LogP contribution in [0.15, 0.2) is 60.8 Å². The Morgan fingerprint density at radius 3 is 2.11 bits per heavy atom. The number of benzene rings is 2. The topological polar surface area (TPSA) is 93.6 Å². The van der Waals surface area contributed by atoms with Crippen LogP contribution in [0.3, 0.4) is 0 Å². The van der Waals surface area contributed by atoms with Gasteiger partial charge in [0.05, 0.1) is 6.20 Å². The van der Waals surface area contributed by atoms with E-state index in [0.717, 1.165) is 37.6 Å². The Labute approximate surface area is 205 Å². The number of para-hydroxylation sites is 1. The zero-order valence-electron chi connectivity index (χ0n) is 18.8. The van der Waals surface area contributed by atoms with Crippen LogP contribution in [0.1, 0.15) is 0 Å². The molecule has 1 aliphatic rings. The monoisotopic (exact) mass is 508 g/mol. The highest BCUT2D eigenvalue weighted by Gasteiger charge is 2.38. The predicted octanol–water partition coefficient (Wildman–Crippen LogP) is 5.00. The molecule has 0 atom stereocenters. The molecular formula is C23H24ClF3N6O2. The van der Waals surface area contributed by atoms with Crippen LogP contribution in [-0.2, 0) is 4.79 Å². The van der Waals surface area contributed by atoms with E-state index < -0.39 is 12.1 Å². The molecule has 3 aromatic rings. The lowest BCUT2D eigenvalue weighted by Crippen LogP contribution is -2.44. The van der Waals surface area contributed by atoms with Crippen LogP contribution in [0.5, 0.6) is 0 Å². The van der Waals surface area contributed by atoms with E-state index in [0.29, 0.717) is 16.8 Å². The molecule has 12 heteroatoms. The Bertz CT molecular complexity index is 1110. The summed E-state index contributed by atoms with van der Waals surface area (Å²) in [5.41, 5.74) is 3.10. The summed E-state index contributed by atoms with van der Waals surface area (Å²) < 4.78 is 31.7. The van der Waals surface area contributed by atoms with Crippen LogP contribution in [0.2, 0.25) is 5.02 Å². The Morgan fingerprint density at radius 2 is 1.54 bits per heavy atom. The van der Waals surface area contributed by atoms with Crippen molar-refractivity contribution in [3.8, 4) is 0 Å². The minimum Gasteiger partial charge on any atom is -0.475 e. The van der Waals surface area contributed by atoms with Crippen molar-refractivity contribution in [1.29, 1.82) is 0 Å². The van der Waals surface area contributed by atoms with E-state index in [1.54, 1.807) is 6.20 Å². The molecule has 0 saturated carbocycles. The van der Waals surface area contributed by atoms with E-state index in [9.17, 15) is 13.2 Å². The Hall–Kier alpha value is -3.57. The summed E-state index contributed by atoms with van der Waals surface area (Å²) in [5, 5.41) is 14.1. The summed E-state index contributed by atoms with van der Waals surface area (Å²) in [7, 11) is 2.16. The molecule has 1 aromatic heterocycles. The molecule has 2 heterocycles. The second kappa shape index (κ2) is 11.7. The fraction of sp³-hybridized carbons (Fsp3) is 0.261. The van der Waals surface area contributed by atoms with Gasteiger partial charge in [0.25, 0.3) is 0 Å². The number of piperazine rings is 1. The molecule has 0 amide bonds. The lowest BCUT2D eigenvalue weighted by Gasteiger charge is -2.34. The number of nitrogens with zero attached hydrogens (tertiary/aromatic N) is 4. The van der Waals surface area contributed by atoms with E-state index in [2.05, 4.69) is 61.7 Å². The minimum atomic E-state index is -5.08. The normalized spacial score (nSPS) is 14.0. The van der Waals surface area contributed by atoms with Gasteiger partial charge in [-0.2, -0.15) is 18.2 Å². The first-order valence-corrected chi connectivity index (χ1v) is 10.9. The maximum atomic E-state index is 10.6. The van der Waals surface area contributed by atoms with Gasteiger partial charge in [-0.1, -0.05) is 29.8 Å². The number of hydrogen-bond donors (Lipinski definition) is 3. The first-order chi connectivity index (χ1) is 16.6. The van der Waals surface area contributed by atoms with Crippen molar-refractivity contribution in [2.24, 2.45) is 0 Å². The van der Waals surface area contributed by atoms with Crippen LogP contribution in [0, 0.1) is 0 Å². The first-order valence-electron chi connectivity index (χ1n) is 10.6. The van der Waals surface area contributed by atoms with Gasteiger partial charge in [-0.25, -0.2) is 9.78 Å². The number of carboxylic acids is 1. The Balaban J connectivity index is 0.000000429. The Kier molecular flexibility index (Phi) is 8.72. The van der Waals surface area contributed by atoms with Crippen LogP contribution in [-0.4, -0.2) is 65.3 Å². The zero-order chi connectivity index (χ0) is 25.4. The second-order valence-electron chi connectivity index (χ2n) is 7.65. The summed E-state index contributed by atoms with van der Waals surface area (Å²) in [5.74, 6) is -1.69. The van der Waals surface area contributed by atoms with Crippen molar-refractivity contribution in [1.82, 2.24) is 14.9 Å². The van der Waals surface area contributed by atoms with Gasteiger partial charge < -0.3 is 25.5 Å².